The Balaban J connectivity index is 2.19. The Kier molecular flexibility index (Phi) is 7.78. The van der Waals surface area contributed by atoms with Gasteiger partial charge in [0.2, 0.25) is 0 Å². The van der Waals surface area contributed by atoms with Crippen LogP contribution in [0.1, 0.15) is 47.0 Å². The third kappa shape index (κ3) is 7.65. The second kappa shape index (κ2) is 9.08. The number of ether oxygens (including phenoxy) is 2. The van der Waals surface area contributed by atoms with Crippen molar-refractivity contribution in [2.75, 3.05) is 26.2 Å². The van der Waals surface area contributed by atoms with E-state index >= 15 is 0 Å². The van der Waals surface area contributed by atoms with Gasteiger partial charge in [0.05, 0.1) is 12.7 Å². The minimum absolute atomic E-state index is 0.111. The van der Waals surface area contributed by atoms with Crippen LogP contribution < -0.4 is 5.32 Å². The van der Waals surface area contributed by atoms with Crippen molar-refractivity contribution in [2.45, 2.75) is 64.7 Å². The summed E-state index contributed by atoms with van der Waals surface area (Å²) in [6.45, 7) is 9.63. The molecule has 1 fully saturated rings. The van der Waals surface area contributed by atoms with Gasteiger partial charge in [0.1, 0.15) is 11.6 Å². The molecule has 0 aliphatic carbocycles. The summed E-state index contributed by atoms with van der Waals surface area (Å²) in [4.78, 5) is 24.5. The first-order valence-corrected chi connectivity index (χ1v) is 8.28. The first-order chi connectivity index (χ1) is 10.7. The number of carbonyl (C=O) groups excluding carboxylic acids is 1. The summed E-state index contributed by atoms with van der Waals surface area (Å²) in [7, 11) is 0. The maximum absolute atomic E-state index is 11.9. The van der Waals surface area contributed by atoms with Crippen LogP contribution >= 0.6 is 0 Å². The molecular weight excluding hydrogens is 300 g/mol. The number of piperidine rings is 1. The van der Waals surface area contributed by atoms with Crippen molar-refractivity contribution in [3.63, 3.8) is 0 Å². The van der Waals surface area contributed by atoms with Crippen LogP contribution in [-0.2, 0) is 14.3 Å². The van der Waals surface area contributed by atoms with Crippen LogP contribution in [0, 0.1) is 0 Å². The maximum Gasteiger partial charge on any atom is 0.410 e. The number of nitrogens with zero attached hydrogens (tertiary/aromatic N) is 1. The highest BCUT2D eigenvalue weighted by atomic mass is 16.6. The van der Waals surface area contributed by atoms with Gasteiger partial charge in [-0.05, 0) is 40.0 Å². The minimum atomic E-state index is -0.835. The lowest BCUT2D eigenvalue weighted by atomic mass is 10.1. The van der Waals surface area contributed by atoms with Gasteiger partial charge >= 0.3 is 12.1 Å². The second-order valence-electron chi connectivity index (χ2n) is 6.79. The SMILES string of the molecule is CCC(NCCOC1CCN(C(=O)OC(C)(C)C)CC1)C(=O)O. The van der Waals surface area contributed by atoms with Crippen LogP contribution in [-0.4, -0.2) is 66.1 Å². The molecule has 1 atom stereocenters. The van der Waals surface area contributed by atoms with E-state index in [1.165, 1.54) is 0 Å². The molecule has 1 aliphatic heterocycles. The number of hydrogen-bond donors (Lipinski definition) is 2. The van der Waals surface area contributed by atoms with E-state index in [0.717, 1.165) is 12.8 Å². The third-order valence-electron chi connectivity index (χ3n) is 3.65. The quantitative estimate of drug-likeness (QED) is 0.693. The number of hydrogen-bond acceptors (Lipinski definition) is 5. The fourth-order valence-electron chi connectivity index (χ4n) is 2.40. The van der Waals surface area contributed by atoms with E-state index in [4.69, 9.17) is 14.6 Å². The molecule has 1 amide bonds. The minimum Gasteiger partial charge on any atom is -0.480 e. The van der Waals surface area contributed by atoms with Crippen molar-refractivity contribution in [3.8, 4) is 0 Å². The van der Waals surface area contributed by atoms with Gasteiger partial charge in [-0.3, -0.25) is 4.79 Å². The number of rotatable bonds is 7. The summed E-state index contributed by atoms with van der Waals surface area (Å²) in [5.74, 6) is -0.835. The molecule has 7 heteroatoms. The fourth-order valence-corrected chi connectivity index (χ4v) is 2.40. The molecule has 0 saturated carbocycles. The second-order valence-corrected chi connectivity index (χ2v) is 6.79. The molecule has 7 nitrogen and oxygen atoms in total. The Bertz CT molecular complexity index is 386. The highest BCUT2D eigenvalue weighted by Crippen LogP contribution is 2.17. The van der Waals surface area contributed by atoms with Crippen LogP contribution in [0.25, 0.3) is 0 Å². The van der Waals surface area contributed by atoms with Crippen LogP contribution in [0.15, 0.2) is 0 Å². The van der Waals surface area contributed by atoms with Gasteiger partial charge in [-0.15, -0.1) is 0 Å². The molecule has 1 heterocycles. The first kappa shape index (κ1) is 19.7. The highest BCUT2D eigenvalue weighted by Gasteiger charge is 2.27. The zero-order valence-electron chi connectivity index (χ0n) is 14.6. The topological polar surface area (TPSA) is 88.1 Å². The lowest BCUT2D eigenvalue weighted by Gasteiger charge is -2.33. The van der Waals surface area contributed by atoms with Gasteiger partial charge in [-0.25, -0.2) is 4.79 Å². The average molecular weight is 330 g/mol. The van der Waals surface area contributed by atoms with Crippen LogP contribution in [0.4, 0.5) is 4.79 Å². The van der Waals surface area contributed by atoms with E-state index in [1.807, 2.05) is 27.7 Å². The summed E-state index contributed by atoms with van der Waals surface area (Å²) in [5.41, 5.74) is -0.476. The van der Waals surface area contributed by atoms with E-state index in [1.54, 1.807) is 4.90 Å². The third-order valence-corrected chi connectivity index (χ3v) is 3.65. The summed E-state index contributed by atoms with van der Waals surface area (Å²) in [6, 6.07) is -0.521. The van der Waals surface area contributed by atoms with Crippen molar-refractivity contribution in [1.29, 1.82) is 0 Å². The Morgan fingerprint density at radius 1 is 1.30 bits per heavy atom. The van der Waals surface area contributed by atoms with Crippen LogP contribution in [0.5, 0.6) is 0 Å². The molecule has 0 radical (unpaired) electrons. The largest absolute Gasteiger partial charge is 0.480 e. The predicted molar refractivity (Wildman–Crippen MR) is 86.5 cm³/mol. The number of carbonyl (C=O) groups is 2. The number of aliphatic carboxylic acids is 1. The molecule has 0 aromatic rings. The lowest BCUT2D eigenvalue weighted by molar-refractivity contribution is -0.139. The highest BCUT2D eigenvalue weighted by molar-refractivity contribution is 5.73. The number of carboxylic acid groups (broad SMARTS) is 1. The molecule has 1 unspecified atom stereocenters. The lowest BCUT2D eigenvalue weighted by Crippen LogP contribution is -2.44. The van der Waals surface area contributed by atoms with E-state index < -0.39 is 17.6 Å². The predicted octanol–water partition coefficient (Wildman–Crippen LogP) is 1.86. The molecule has 1 saturated heterocycles. The van der Waals surface area contributed by atoms with Gasteiger partial charge in [0.15, 0.2) is 0 Å². The van der Waals surface area contributed by atoms with E-state index in [9.17, 15) is 9.59 Å². The standard InChI is InChI=1S/C16H30N2O5/c1-5-13(14(19)20)17-8-11-22-12-6-9-18(10-7-12)15(21)23-16(2,3)4/h12-13,17H,5-11H2,1-4H3,(H,19,20). The molecule has 23 heavy (non-hydrogen) atoms. The number of carboxylic acids is 1. The van der Waals surface area contributed by atoms with Gasteiger partial charge in [-0.2, -0.15) is 0 Å². The van der Waals surface area contributed by atoms with Gasteiger partial charge < -0.3 is 24.8 Å². The summed E-state index contributed by atoms with van der Waals surface area (Å²) in [6.07, 6.45) is 1.93. The fraction of sp³-hybridized carbons (Fsp3) is 0.875. The smallest absolute Gasteiger partial charge is 0.410 e. The van der Waals surface area contributed by atoms with Crippen molar-refractivity contribution < 1.29 is 24.2 Å². The number of likely N-dealkylation sites (tertiary alicyclic amines) is 1. The molecule has 0 spiro atoms. The number of nitrogens with one attached hydrogen (secondary N) is 1. The van der Waals surface area contributed by atoms with Gasteiger partial charge in [-0.1, -0.05) is 6.92 Å². The Morgan fingerprint density at radius 3 is 2.39 bits per heavy atom. The average Bonchev–Trinajstić information content (AvgIpc) is 2.45. The molecule has 1 rings (SSSR count). The molecule has 134 valence electrons. The van der Waals surface area contributed by atoms with E-state index in [-0.39, 0.29) is 12.2 Å². The number of amides is 1. The van der Waals surface area contributed by atoms with Crippen LogP contribution in [0.3, 0.4) is 0 Å². The summed E-state index contributed by atoms with van der Waals surface area (Å²) >= 11 is 0. The van der Waals surface area contributed by atoms with Crippen molar-refractivity contribution in [2.24, 2.45) is 0 Å². The molecule has 0 aromatic heterocycles. The van der Waals surface area contributed by atoms with Gasteiger partial charge in [0, 0.05) is 19.6 Å². The molecule has 2 N–H and O–H groups in total. The Hall–Kier alpha value is -1.34. The monoisotopic (exact) mass is 330 g/mol. The summed E-state index contributed by atoms with van der Waals surface area (Å²) < 4.78 is 11.1. The summed E-state index contributed by atoms with van der Waals surface area (Å²) in [5, 5.41) is 11.9. The zero-order chi connectivity index (χ0) is 17.5. The Labute approximate surface area is 138 Å². The van der Waals surface area contributed by atoms with Crippen molar-refractivity contribution in [3.05, 3.63) is 0 Å². The maximum atomic E-state index is 11.9. The molecular formula is C16H30N2O5. The van der Waals surface area contributed by atoms with Crippen molar-refractivity contribution >= 4 is 12.1 Å². The normalized spacial score (nSPS) is 17.8. The van der Waals surface area contributed by atoms with Gasteiger partial charge in [0.25, 0.3) is 0 Å². The van der Waals surface area contributed by atoms with E-state index in [2.05, 4.69) is 5.32 Å². The Morgan fingerprint density at radius 2 is 1.91 bits per heavy atom. The van der Waals surface area contributed by atoms with E-state index in [0.29, 0.717) is 32.7 Å². The zero-order valence-corrected chi connectivity index (χ0v) is 14.6. The first-order valence-electron chi connectivity index (χ1n) is 8.28. The van der Waals surface area contributed by atoms with Crippen LogP contribution in [0.2, 0.25) is 0 Å². The van der Waals surface area contributed by atoms with Crippen molar-refractivity contribution in [1.82, 2.24) is 10.2 Å². The molecule has 1 aliphatic rings. The molecule has 0 bridgehead atoms. The molecule has 0 aromatic carbocycles.